The van der Waals surface area contributed by atoms with Gasteiger partial charge < -0.3 is 9.45 Å². The first-order valence-corrected chi connectivity index (χ1v) is 12.5. The van der Waals surface area contributed by atoms with Gasteiger partial charge in [0.25, 0.3) is 0 Å². The van der Waals surface area contributed by atoms with Crippen molar-refractivity contribution in [3.63, 3.8) is 0 Å². The summed E-state index contributed by atoms with van der Waals surface area (Å²) in [7, 11) is -0.119. The van der Waals surface area contributed by atoms with Crippen molar-refractivity contribution in [1.29, 1.82) is 0 Å². The number of aromatic amines is 1. The summed E-state index contributed by atoms with van der Waals surface area (Å²) in [6.07, 6.45) is 1.74. The lowest BCUT2D eigenvalue weighted by molar-refractivity contribution is 0.231. The highest BCUT2D eigenvalue weighted by atomic mass is 32.2. The topological polar surface area (TPSA) is 159 Å². The Morgan fingerprint density at radius 1 is 1.19 bits per heavy atom. The summed E-state index contributed by atoms with van der Waals surface area (Å²) in [4.78, 5) is 1.82. The molecule has 11 nitrogen and oxygen atoms in total. The average molecular weight is 473 g/mol. The number of hydrogen-bond acceptors (Lipinski definition) is 9. The van der Waals surface area contributed by atoms with E-state index in [1.807, 2.05) is 37.2 Å². The Balaban J connectivity index is 1.83. The number of rotatable bonds is 5. The zero-order valence-electron chi connectivity index (χ0n) is 17.3. The third-order valence-corrected chi connectivity index (χ3v) is 8.82. The molecule has 0 spiro atoms. The molecule has 1 unspecified atom stereocenters. The van der Waals surface area contributed by atoms with E-state index in [2.05, 4.69) is 25.7 Å². The maximum absolute atomic E-state index is 13.4. The summed E-state index contributed by atoms with van der Waals surface area (Å²) in [5, 5.41) is 24.4. The molecule has 2 aromatic heterocycles. The molecule has 3 N–H and O–H groups in total. The van der Waals surface area contributed by atoms with Crippen LogP contribution < -0.4 is 5.14 Å². The molecule has 1 saturated heterocycles. The second-order valence-electron chi connectivity index (χ2n) is 7.76. The first-order chi connectivity index (χ1) is 15.3. The zero-order chi connectivity index (χ0) is 22.6. The number of aryl methyl sites for hydroxylation is 1. The Hall–Kier alpha value is -2.84. The van der Waals surface area contributed by atoms with Crippen LogP contribution in [0.5, 0.6) is 0 Å². The largest absolute Gasteiger partial charge is 0.593 e. The monoisotopic (exact) mass is 472 g/mol. The molecule has 0 radical (unpaired) electrons. The molecule has 32 heavy (non-hydrogen) atoms. The molecule has 0 bridgehead atoms. The fourth-order valence-corrected chi connectivity index (χ4v) is 7.33. The lowest BCUT2D eigenvalue weighted by Gasteiger charge is -2.35. The van der Waals surface area contributed by atoms with E-state index in [9.17, 15) is 13.0 Å². The highest BCUT2D eigenvalue weighted by Crippen LogP contribution is 2.42. The molecule has 13 heteroatoms. The number of benzene rings is 2. The van der Waals surface area contributed by atoms with E-state index in [-0.39, 0.29) is 15.6 Å². The molecule has 0 amide bonds. The third-order valence-electron chi connectivity index (χ3n) is 5.73. The van der Waals surface area contributed by atoms with Gasteiger partial charge in [0.15, 0.2) is 15.7 Å². The van der Waals surface area contributed by atoms with Gasteiger partial charge in [-0.1, -0.05) is 24.3 Å². The fraction of sp³-hybridized carbons (Fsp3) is 0.263. The number of fused-ring (bicyclic) bond motifs is 1. The predicted octanol–water partition coefficient (Wildman–Crippen LogP) is 0.489. The molecule has 5 rings (SSSR count). The average Bonchev–Trinajstić information content (AvgIpc) is 3.40. The minimum absolute atomic E-state index is 0.0187. The van der Waals surface area contributed by atoms with Gasteiger partial charge in [0, 0.05) is 36.7 Å². The van der Waals surface area contributed by atoms with Crippen molar-refractivity contribution in [1.82, 2.24) is 35.3 Å². The van der Waals surface area contributed by atoms with E-state index in [1.54, 1.807) is 16.9 Å². The molecule has 2 aromatic carbocycles. The normalized spacial score (nSPS) is 16.4. The summed E-state index contributed by atoms with van der Waals surface area (Å²) < 4.78 is 41.3. The Kier molecular flexibility index (Phi) is 5.02. The lowest BCUT2D eigenvalue weighted by Crippen LogP contribution is -2.52. The molecule has 0 saturated carbocycles. The number of sulfone groups is 1. The summed E-state index contributed by atoms with van der Waals surface area (Å²) in [6, 6.07) is 8.84. The second-order valence-corrected chi connectivity index (χ2v) is 11.0. The number of para-hydroxylation sites is 1. The fourth-order valence-electron chi connectivity index (χ4n) is 4.18. The number of nitrogens with one attached hydrogen (secondary N) is 1. The van der Waals surface area contributed by atoms with Gasteiger partial charge in [-0.15, -0.1) is 10.2 Å². The number of H-pyrrole nitrogens is 1. The number of nitrogens with two attached hydrogens (primary N) is 1. The van der Waals surface area contributed by atoms with Crippen LogP contribution in [0.3, 0.4) is 0 Å². The number of likely N-dealkylation sites (tertiary alicyclic amines) is 1. The van der Waals surface area contributed by atoms with Gasteiger partial charge in [-0.3, -0.25) is 4.68 Å². The lowest BCUT2D eigenvalue weighted by atomic mass is 9.97. The van der Waals surface area contributed by atoms with Crippen molar-refractivity contribution in [2.75, 3.05) is 20.1 Å². The quantitative estimate of drug-likeness (QED) is 0.394. The number of aromatic nitrogens is 6. The molecule has 1 atom stereocenters. The first kappa shape index (κ1) is 21.0. The molecular weight excluding hydrogens is 452 g/mol. The molecule has 3 heterocycles. The van der Waals surface area contributed by atoms with Crippen LogP contribution in [0.25, 0.3) is 33.4 Å². The Morgan fingerprint density at radius 2 is 1.97 bits per heavy atom. The second kappa shape index (κ2) is 7.64. The van der Waals surface area contributed by atoms with Gasteiger partial charge in [-0.05, 0) is 23.5 Å². The van der Waals surface area contributed by atoms with Crippen molar-refractivity contribution in [2.24, 2.45) is 12.2 Å². The third kappa shape index (κ3) is 3.20. The van der Waals surface area contributed by atoms with Crippen molar-refractivity contribution >= 4 is 32.1 Å². The Morgan fingerprint density at radius 3 is 2.62 bits per heavy atom. The van der Waals surface area contributed by atoms with Crippen LogP contribution >= 0.6 is 0 Å². The van der Waals surface area contributed by atoms with Crippen molar-refractivity contribution < 1.29 is 13.0 Å². The number of tetrazole rings is 1. The maximum Gasteiger partial charge on any atom is 0.203 e. The number of hydrogen-bond donors (Lipinski definition) is 2. The van der Waals surface area contributed by atoms with Gasteiger partial charge in [0.2, 0.25) is 4.90 Å². The Bertz CT molecular complexity index is 1410. The number of nitrogens with zero attached hydrogens (tertiary/aromatic N) is 6. The van der Waals surface area contributed by atoms with Gasteiger partial charge >= 0.3 is 0 Å². The van der Waals surface area contributed by atoms with E-state index in [1.165, 1.54) is 6.07 Å². The van der Waals surface area contributed by atoms with E-state index >= 15 is 0 Å². The predicted molar refractivity (Wildman–Crippen MR) is 118 cm³/mol. The van der Waals surface area contributed by atoms with Crippen LogP contribution in [0.2, 0.25) is 0 Å². The van der Waals surface area contributed by atoms with Gasteiger partial charge in [-0.2, -0.15) is 5.10 Å². The zero-order valence-corrected chi connectivity index (χ0v) is 18.9. The van der Waals surface area contributed by atoms with Crippen LogP contribution in [-0.2, 0) is 28.2 Å². The van der Waals surface area contributed by atoms with Crippen LogP contribution in [0, 0.1) is 0 Å². The standard InChI is InChI=1S/C19H20N8O3S2/c1-26-9-12(10-26)32(29,30)15-7-6-13(14-5-3-4-11-8-21-27(2)17(11)14)16(18(15)31(20)28)19-22-24-25-23-19/h3-8,12H,9-10,20H2,1-2H3,(H,22,23,24,25). The summed E-state index contributed by atoms with van der Waals surface area (Å²) in [5.74, 6) is 0.177. The molecule has 166 valence electrons. The van der Waals surface area contributed by atoms with E-state index in [0.717, 1.165) is 16.5 Å². The minimum Gasteiger partial charge on any atom is -0.593 e. The SMILES string of the molecule is CN1CC(S(=O)(=O)c2ccc(-c3cccc4cnn(C)c34)c(-c3nnn[nH]3)c2[S+](N)[O-])C1. The van der Waals surface area contributed by atoms with Crippen molar-refractivity contribution in [2.45, 2.75) is 15.0 Å². The van der Waals surface area contributed by atoms with Crippen LogP contribution in [0.1, 0.15) is 0 Å². The first-order valence-electron chi connectivity index (χ1n) is 9.70. The molecule has 1 aliphatic rings. The molecule has 1 fully saturated rings. The van der Waals surface area contributed by atoms with E-state index < -0.39 is 26.4 Å². The van der Waals surface area contributed by atoms with Crippen molar-refractivity contribution in [3.05, 3.63) is 36.5 Å². The summed E-state index contributed by atoms with van der Waals surface area (Å²) >= 11 is -2.13. The summed E-state index contributed by atoms with van der Waals surface area (Å²) in [6.45, 7) is 0.794. The molecule has 0 aliphatic carbocycles. The van der Waals surface area contributed by atoms with Crippen LogP contribution in [0.4, 0.5) is 0 Å². The highest BCUT2D eigenvalue weighted by Gasteiger charge is 2.41. The molecular formula is C19H20N8O3S2. The molecule has 1 aliphatic heterocycles. The van der Waals surface area contributed by atoms with Gasteiger partial charge in [-0.25, -0.2) is 13.5 Å². The minimum atomic E-state index is -3.78. The van der Waals surface area contributed by atoms with Crippen molar-refractivity contribution in [3.8, 4) is 22.5 Å². The van der Waals surface area contributed by atoms with E-state index in [0.29, 0.717) is 24.2 Å². The summed E-state index contributed by atoms with van der Waals surface area (Å²) in [5.41, 5.74) is 2.47. The highest BCUT2D eigenvalue weighted by molar-refractivity contribution is 7.94. The smallest absolute Gasteiger partial charge is 0.203 e. The van der Waals surface area contributed by atoms with Crippen LogP contribution in [-0.4, -0.2) is 73.7 Å². The van der Waals surface area contributed by atoms with Gasteiger partial charge in [0.05, 0.1) is 33.9 Å². The Labute approximate surface area is 186 Å². The maximum atomic E-state index is 13.4. The molecule has 4 aromatic rings. The van der Waals surface area contributed by atoms with E-state index in [4.69, 9.17) is 5.14 Å². The van der Waals surface area contributed by atoms with Crippen LogP contribution in [0.15, 0.2) is 46.3 Å². The van der Waals surface area contributed by atoms with Gasteiger partial charge in [0.1, 0.15) is 4.90 Å².